The van der Waals surface area contributed by atoms with Crippen molar-refractivity contribution < 1.29 is 9.13 Å². The molecule has 20 heavy (non-hydrogen) atoms. The summed E-state index contributed by atoms with van der Waals surface area (Å²) >= 11 is 1.70. The van der Waals surface area contributed by atoms with Crippen LogP contribution in [0.4, 0.5) is 10.1 Å². The first-order valence-electron chi connectivity index (χ1n) is 6.38. The summed E-state index contributed by atoms with van der Waals surface area (Å²) in [6.45, 7) is 2.01. The van der Waals surface area contributed by atoms with Crippen LogP contribution in [-0.4, -0.2) is 13.4 Å². The van der Waals surface area contributed by atoms with Gasteiger partial charge >= 0.3 is 0 Å². The van der Waals surface area contributed by atoms with Gasteiger partial charge in [-0.2, -0.15) is 0 Å². The Bertz CT molecular complexity index is 571. The van der Waals surface area contributed by atoms with Gasteiger partial charge in [0, 0.05) is 17.0 Å². The number of nitrogens with one attached hydrogen (secondary N) is 1. The van der Waals surface area contributed by atoms with Gasteiger partial charge in [0.1, 0.15) is 11.6 Å². The molecule has 1 atom stereocenters. The minimum Gasteiger partial charge on any atom is -0.497 e. The molecule has 0 heterocycles. The van der Waals surface area contributed by atoms with Gasteiger partial charge in [0.05, 0.1) is 12.8 Å². The van der Waals surface area contributed by atoms with Crippen LogP contribution >= 0.6 is 11.8 Å². The smallest absolute Gasteiger partial charge is 0.146 e. The van der Waals surface area contributed by atoms with Crippen LogP contribution in [-0.2, 0) is 0 Å². The summed E-state index contributed by atoms with van der Waals surface area (Å²) in [5.41, 5.74) is 1.57. The standard InChI is InChI=1S/C16H18FNOS/c1-11(12-4-7-14(20-3)8-5-12)18-16-10-13(19-2)6-9-15(16)17/h4-11,18H,1-3H3. The Balaban J connectivity index is 2.15. The van der Waals surface area contributed by atoms with E-state index in [9.17, 15) is 4.39 Å². The molecule has 2 aromatic rings. The van der Waals surface area contributed by atoms with Crippen LogP contribution in [0.25, 0.3) is 0 Å². The van der Waals surface area contributed by atoms with Gasteiger partial charge in [-0.3, -0.25) is 0 Å². The molecule has 2 rings (SSSR count). The monoisotopic (exact) mass is 291 g/mol. The average molecular weight is 291 g/mol. The fraction of sp³-hybridized carbons (Fsp3) is 0.250. The van der Waals surface area contributed by atoms with E-state index >= 15 is 0 Å². The van der Waals surface area contributed by atoms with Gasteiger partial charge in [-0.1, -0.05) is 12.1 Å². The first-order valence-corrected chi connectivity index (χ1v) is 7.60. The fourth-order valence-corrected chi connectivity index (χ4v) is 2.36. The lowest BCUT2D eigenvalue weighted by Crippen LogP contribution is -2.08. The molecule has 0 fully saturated rings. The SMILES string of the molecule is COc1ccc(F)c(NC(C)c2ccc(SC)cc2)c1. The van der Waals surface area contributed by atoms with Crippen molar-refractivity contribution in [2.45, 2.75) is 17.9 Å². The molecule has 0 aliphatic carbocycles. The third kappa shape index (κ3) is 3.45. The van der Waals surface area contributed by atoms with E-state index in [-0.39, 0.29) is 11.9 Å². The Morgan fingerprint density at radius 2 is 1.85 bits per heavy atom. The zero-order valence-electron chi connectivity index (χ0n) is 11.8. The van der Waals surface area contributed by atoms with Crippen LogP contribution in [0.1, 0.15) is 18.5 Å². The van der Waals surface area contributed by atoms with Crippen LogP contribution in [0.2, 0.25) is 0 Å². The molecule has 0 aliphatic rings. The van der Waals surface area contributed by atoms with Crippen molar-refractivity contribution in [1.29, 1.82) is 0 Å². The van der Waals surface area contributed by atoms with Crippen LogP contribution in [0.15, 0.2) is 47.4 Å². The minimum atomic E-state index is -0.279. The minimum absolute atomic E-state index is 0.0208. The second-order valence-corrected chi connectivity index (χ2v) is 5.36. The molecular weight excluding hydrogens is 273 g/mol. The summed E-state index contributed by atoms with van der Waals surface area (Å²) in [6, 6.07) is 13.0. The Labute approximate surface area is 123 Å². The highest BCUT2D eigenvalue weighted by molar-refractivity contribution is 7.98. The molecule has 0 saturated heterocycles. The van der Waals surface area contributed by atoms with Gasteiger partial charge in [-0.05, 0) is 43.0 Å². The predicted molar refractivity (Wildman–Crippen MR) is 83.2 cm³/mol. The fourth-order valence-electron chi connectivity index (χ4n) is 1.95. The molecule has 0 bridgehead atoms. The summed E-state index contributed by atoms with van der Waals surface area (Å²) in [6.07, 6.45) is 2.04. The highest BCUT2D eigenvalue weighted by Gasteiger charge is 2.09. The van der Waals surface area contributed by atoms with Gasteiger partial charge in [0.15, 0.2) is 0 Å². The third-order valence-electron chi connectivity index (χ3n) is 3.16. The van der Waals surface area contributed by atoms with E-state index in [0.717, 1.165) is 5.56 Å². The van der Waals surface area contributed by atoms with Gasteiger partial charge in [0.2, 0.25) is 0 Å². The van der Waals surface area contributed by atoms with E-state index in [1.165, 1.54) is 11.0 Å². The van der Waals surface area contributed by atoms with Crippen molar-refractivity contribution in [1.82, 2.24) is 0 Å². The van der Waals surface area contributed by atoms with E-state index in [2.05, 4.69) is 29.6 Å². The van der Waals surface area contributed by atoms with E-state index in [4.69, 9.17) is 4.74 Å². The topological polar surface area (TPSA) is 21.3 Å². The van der Waals surface area contributed by atoms with Crippen molar-refractivity contribution in [2.24, 2.45) is 0 Å². The van der Waals surface area contributed by atoms with Crippen molar-refractivity contribution in [3.63, 3.8) is 0 Å². The molecule has 0 saturated carbocycles. The first kappa shape index (κ1) is 14.7. The van der Waals surface area contributed by atoms with Crippen molar-refractivity contribution >= 4 is 17.4 Å². The van der Waals surface area contributed by atoms with Crippen molar-refractivity contribution in [2.75, 3.05) is 18.7 Å². The lowest BCUT2D eigenvalue weighted by Gasteiger charge is -2.17. The molecule has 0 aromatic heterocycles. The molecule has 0 aliphatic heterocycles. The van der Waals surface area contributed by atoms with Crippen LogP contribution in [0.3, 0.4) is 0 Å². The second-order valence-electron chi connectivity index (χ2n) is 4.48. The molecule has 1 N–H and O–H groups in total. The van der Waals surface area contributed by atoms with Gasteiger partial charge < -0.3 is 10.1 Å². The van der Waals surface area contributed by atoms with Crippen molar-refractivity contribution in [3.8, 4) is 5.75 Å². The zero-order valence-corrected chi connectivity index (χ0v) is 12.6. The average Bonchev–Trinajstić information content (AvgIpc) is 2.49. The quantitative estimate of drug-likeness (QED) is 0.805. The van der Waals surface area contributed by atoms with Gasteiger partial charge in [0.25, 0.3) is 0 Å². The molecule has 4 heteroatoms. The third-order valence-corrected chi connectivity index (χ3v) is 3.90. The Morgan fingerprint density at radius 1 is 1.15 bits per heavy atom. The summed E-state index contributed by atoms with van der Waals surface area (Å²) in [5, 5.41) is 3.18. The highest BCUT2D eigenvalue weighted by Crippen LogP contribution is 2.26. The molecular formula is C16H18FNOS. The number of anilines is 1. The lowest BCUT2D eigenvalue weighted by atomic mass is 10.1. The molecule has 2 nitrogen and oxygen atoms in total. The maximum absolute atomic E-state index is 13.8. The molecule has 1 unspecified atom stereocenters. The Morgan fingerprint density at radius 3 is 2.45 bits per heavy atom. The Hall–Kier alpha value is -1.68. The van der Waals surface area contributed by atoms with Gasteiger partial charge in [-0.25, -0.2) is 4.39 Å². The predicted octanol–water partition coefficient (Wildman–Crippen LogP) is 4.73. The number of hydrogen-bond donors (Lipinski definition) is 1. The van der Waals surface area contributed by atoms with Crippen LogP contribution in [0, 0.1) is 5.82 Å². The summed E-state index contributed by atoms with van der Waals surface area (Å²) in [4.78, 5) is 1.22. The summed E-state index contributed by atoms with van der Waals surface area (Å²) in [7, 11) is 1.57. The summed E-state index contributed by atoms with van der Waals surface area (Å²) < 4.78 is 18.9. The van der Waals surface area contributed by atoms with Crippen LogP contribution in [0.5, 0.6) is 5.75 Å². The molecule has 0 spiro atoms. The van der Waals surface area contributed by atoms with E-state index in [1.54, 1.807) is 31.0 Å². The number of benzene rings is 2. The van der Waals surface area contributed by atoms with Crippen molar-refractivity contribution in [3.05, 3.63) is 53.8 Å². The van der Waals surface area contributed by atoms with E-state index < -0.39 is 0 Å². The van der Waals surface area contributed by atoms with E-state index in [1.807, 2.05) is 13.2 Å². The first-order chi connectivity index (χ1) is 9.63. The number of methoxy groups -OCH3 is 1. The lowest BCUT2D eigenvalue weighted by molar-refractivity contribution is 0.414. The molecule has 0 radical (unpaired) electrons. The molecule has 106 valence electrons. The highest BCUT2D eigenvalue weighted by atomic mass is 32.2. The maximum atomic E-state index is 13.8. The van der Waals surface area contributed by atoms with Crippen LogP contribution < -0.4 is 10.1 Å². The number of rotatable bonds is 5. The molecule has 2 aromatic carbocycles. The maximum Gasteiger partial charge on any atom is 0.146 e. The molecule has 0 amide bonds. The zero-order chi connectivity index (χ0) is 14.5. The van der Waals surface area contributed by atoms with Gasteiger partial charge in [-0.15, -0.1) is 11.8 Å². The largest absolute Gasteiger partial charge is 0.497 e. The van der Waals surface area contributed by atoms with E-state index in [0.29, 0.717) is 11.4 Å². The number of hydrogen-bond acceptors (Lipinski definition) is 3. The number of thioether (sulfide) groups is 1. The Kier molecular flexibility index (Phi) is 4.90. The second kappa shape index (κ2) is 6.66. The summed E-state index contributed by atoms with van der Waals surface area (Å²) in [5.74, 6) is 0.359. The normalized spacial score (nSPS) is 12.0. The number of halogens is 1. The number of ether oxygens (including phenoxy) is 1.